The molecule has 0 bridgehead atoms. The van der Waals surface area contributed by atoms with Crippen LogP contribution in [0.4, 0.5) is 4.39 Å². The fraction of sp³-hybridized carbons (Fsp3) is 0.250. The monoisotopic (exact) mass is 337 g/mol. The van der Waals surface area contributed by atoms with Gasteiger partial charge in [-0.15, -0.1) is 0 Å². The van der Waals surface area contributed by atoms with Crippen molar-refractivity contribution in [1.29, 1.82) is 5.26 Å². The Labute approximate surface area is 147 Å². The lowest BCUT2D eigenvalue weighted by Gasteiger charge is -2.28. The Kier molecular flexibility index (Phi) is 6.41. The molecule has 1 aromatic heterocycles. The van der Waals surface area contributed by atoms with Crippen LogP contribution >= 0.6 is 0 Å². The molecular formula is C20H20FN3O. The van der Waals surface area contributed by atoms with Crippen LogP contribution in [0.5, 0.6) is 0 Å². The summed E-state index contributed by atoms with van der Waals surface area (Å²) in [5, 5.41) is 9.37. The highest BCUT2D eigenvalue weighted by atomic mass is 19.1. The van der Waals surface area contributed by atoms with Crippen LogP contribution in [0.3, 0.4) is 0 Å². The quantitative estimate of drug-likeness (QED) is 0.452. The minimum atomic E-state index is -0.653. The van der Waals surface area contributed by atoms with Crippen molar-refractivity contribution in [1.82, 2.24) is 9.88 Å². The largest absolute Gasteiger partial charge is 0.334 e. The van der Waals surface area contributed by atoms with E-state index in [0.717, 1.165) is 18.4 Å². The summed E-state index contributed by atoms with van der Waals surface area (Å²) in [6.07, 6.45) is 2.99. The fourth-order valence-electron chi connectivity index (χ4n) is 2.66. The summed E-state index contributed by atoms with van der Waals surface area (Å²) in [6, 6.07) is 15.7. The van der Waals surface area contributed by atoms with Gasteiger partial charge in [0.2, 0.25) is 5.95 Å². The first-order valence-corrected chi connectivity index (χ1v) is 8.13. The molecule has 5 heteroatoms. The molecule has 128 valence electrons. The molecule has 25 heavy (non-hydrogen) atoms. The fourth-order valence-corrected chi connectivity index (χ4v) is 2.66. The highest BCUT2D eigenvalue weighted by molar-refractivity contribution is 6.01. The number of halogens is 1. The Bertz CT molecular complexity index is 796. The zero-order valence-corrected chi connectivity index (χ0v) is 14.3. The van der Waals surface area contributed by atoms with Crippen LogP contribution in [-0.4, -0.2) is 22.8 Å². The number of hydrogen-bond acceptors (Lipinski definition) is 3. The van der Waals surface area contributed by atoms with E-state index in [1.54, 1.807) is 18.0 Å². The number of pyridine rings is 1. The van der Waals surface area contributed by atoms with Crippen LogP contribution in [0.15, 0.2) is 54.1 Å². The van der Waals surface area contributed by atoms with E-state index in [4.69, 9.17) is 0 Å². The molecule has 0 radical (unpaired) electrons. The lowest BCUT2D eigenvalue weighted by Crippen LogP contribution is -2.32. The molecule has 2 rings (SSSR count). The number of likely N-dealkylation sites (N-methyl/N-ethyl adjacent to an activating group) is 1. The van der Waals surface area contributed by atoms with Crippen molar-refractivity contribution in [3.8, 4) is 6.07 Å². The molecular weight excluding hydrogens is 317 g/mol. The topological polar surface area (TPSA) is 57.0 Å². The summed E-state index contributed by atoms with van der Waals surface area (Å²) in [7, 11) is 1.68. The predicted molar refractivity (Wildman–Crippen MR) is 94.6 cm³/mol. The molecule has 0 aliphatic carbocycles. The van der Waals surface area contributed by atoms with Gasteiger partial charge in [-0.2, -0.15) is 9.65 Å². The first-order chi connectivity index (χ1) is 12.1. The molecule has 0 N–H and O–H groups in total. The number of aromatic nitrogens is 1. The lowest BCUT2D eigenvalue weighted by molar-refractivity contribution is -0.127. The maximum Gasteiger partial charge on any atom is 0.264 e. The van der Waals surface area contributed by atoms with Gasteiger partial charge in [0.05, 0.1) is 11.7 Å². The molecule has 0 aliphatic rings. The first-order valence-electron chi connectivity index (χ1n) is 8.13. The zero-order chi connectivity index (χ0) is 18.2. The minimum absolute atomic E-state index is 0.0716. The van der Waals surface area contributed by atoms with Gasteiger partial charge in [0.15, 0.2) is 0 Å². The summed E-state index contributed by atoms with van der Waals surface area (Å²) in [5.41, 5.74) is 1.18. The molecule has 2 aromatic rings. The highest BCUT2D eigenvalue weighted by Crippen LogP contribution is 2.26. The number of nitrogens with zero attached hydrogens (tertiary/aromatic N) is 3. The van der Waals surface area contributed by atoms with E-state index in [2.05, 4.69) is 4.98 Å². The van der Waals surface area contributed by atoms with Crippen LogP contribution in [0.25, 0.3) is 6.08 Å². The number of amides is 1. The normalized spacial score (nSPS) is 12.3. The van der Waals surface area contributed by atoms with Crippen molar-refractivity contribution in [3.05, 3.63) is 71.3 Å². The third-order valence-electron chi connectivity index (χ3n) is 3.91. The van der Waals surface area contributed by atoms with Crippen molar-refractivity contribution in [2.45, 2.75) is 25.8 Å². The van der Waals surface area contributed by atoms with Crippen molar-refractivity contribution in [2.75, 3.05) is 7.05 Å². The van der Waals surface area contributed by atoms with Crippen LogP contribution in [-0.2, 0) is 4.79 Å². The van der Waals surface area contributed by atoms with E-state index in [9.17, 15) is 14.4 Å². The van der Waals surface area contributed by atoms with Gasteiger partial charge in [-0.1, -0.05) is 49.7 Å². The Morgan fingerprint density at radius 3 is 2.60 bits per heavy atom. The Morgan fingerprint density at radius 2 is 2.00 bits per heavy atom. The first kappa shape index (κ1) is 18.3. The third kappa shape index (κ3) is 4.74. The number of nitriles is 1. The van der Waals surface area contributed by atoms with Crippen LogP contribution in [0.1, 0.15) is 37.1 Å². The smallest absolute Gasteiger partial charge is 0.264 e. The van der Waals surface area contributed by atoms with Crippen LogP contribution in [0.2, 0.25) is 0 Å². The minimum Gasteiger partial charge on any atom is -0.334 e. The van der Waals surface area contributed by atoms with Gasteiger partial charge in [-0.05, 0) is 30.2 Å². The lowest BCUT2D eigenvalue weighted by atomic mass is 10.00. The number of carbonyl (C=O) groups is 1. The van der Waals surface area contributed by atoms with Crippen LogP contribution < -0.4 is 0 Å². The molecule has 0 spiro atoms. The SMILES string of the molecule is CCCC(c1ccccc1)N(C)C(=O)/C(C#N)=C/c1cccc(F)n1. The molecule has 1 amide bonds. The van der Waals surface area contributed by atoms with Crippen molar-refractivity contribution in [2.24, 2.45) is 0 Å². The average molecular weight is 337 g/mol. The predicted octanol–water partition coefficient (Wildman–Crippen LogP) is 4.13. The maximum atomic E-state index is 13.2. The number of carbonyl (C=O) groups excluding carboxylic acids is 1. The summed E-state index contributed by atoms with van der Waals surface area (Å²) >= 11 is 0. The molecule has 1 heterocycles. The second kappa shape index (κ2) is 8.74. The average Bonchev–Trinajstić information content (AvgIpc) is 2.64. The third-order valence-corrected chi connectivity index (χ3v) is 3.91. The van der Waals surface area contributed by atoms with E-state index < -0.39 is 11.9 Å². The number of benzene rings is 1. The molecule has 0 saturated carbocycles. The Morgan fingerprint density at radius 1 is 1.28 bits per heavy atom. The van der Waals surface area contributed by atoms with E-state index >= 15 is 0 Å². The maximum absolute atomic E-state index is 13.2. The Hall–Kier alpha value is -3.00. The summed E-state index contributed by atoms with van der Waals surface area (Å²) < 4.78 is 13.2. The van der Waals surface area contributed by atoms with Gasteiger partial charge in [0.25, 0.3) is 5.91 Å². The number of hydrogen-bond donors (Lipinski definition) is 0. The Balaban J connectivity index is 2.30. The van der Waals surface area contributed by atoms with E-state index in [-0.39, 0.29) is 17.3 Å². The highest BCUT2D eigenvalue weighted by Gasteiger charge is 2.23. The molecule has 1 aromatic carbocycles. The summed E-state index contributed by atoms with van der Waals surface area (Å²) in [6.45, 7) is 2.05. The van der Waals surface area contributed by atoms with Crippen molar-refractivity contribution in [3.63, 3.8) is 0 Å². The second-order valence-electron chi connectivity index (χ2n) is 5.69. The number of rotatable bonds is 6. The molecule has 4 nitrogen and oxygen atoms in total. The standard InChI is InChI=1S/C20H20FN3O/c1-3-8-18(15-9-5-4-6-10-15)24(2)20(25)16(14-22)13-17-11-7-12-19(21)23-17/h4-7,9-13,18H,3,8H2,1-2H3/b16-13+. The van der Waals surface area contributed by atoms with Gasteiger partial charge in [0, 0.05) is 7.05 Å². The molecule has 1 unspecified atom stereocenters. The van der Waals surface area contributed by atoms with Gasteiger partial charge in [-0.25, -0.2) is 4.98 Å². The summed E-state index contributed by atoms with van der Waals surface area (Å²) in [4.78, 5) is 18.0. The van der Waals surface area contributed by atoms with Gasteiger partial charge < -0.3 is 4.90 Å². The van der Waals surface area contributed by atoms with Gasteiger partial charge >= 0.3 is 0 Å². The zero-order valence-electron chi connectivity index (χ0n) is 14.3. The van der Waals surface area contributed by atoms with Crippen molar-refractivity contribution < 1.29 is 9.18 Å². The van der Waals surface area contributed by atoms with Gasteiger partial charge in [-0.3, -0.25) is 4.79 Å². The second-order valence-corrected chi connectivity index (χ2v) is 5.69. The van der Waals surface area contributed by atoms with Crippen LogP contribution in [0, 0.1) is 17.3 Å². The van der Waals surface area contributed by atoms with Crippen molar-refractivity contribution >= 4 is 12.0 Å². The van der Waals surface area contributed by atoms with E-state index in [0.29, 0.717) is 0 Å². The van der Waals surface area contributed by atoms with Gasteiger partial charge in [0.1, 0.15) is 11.6 Å². The van der Waals surface area contributed by atoms with E-state index in [1.807, 2.05) is 43.3 Å². The molecule has 0 saturated heterocycles. The molecule has 0 aliphatic heterocycles. The molecule has 0 fully saturated rings. The summed E-state index contributed by atoms with van der Waals surface area (Å²) in [5.74, 6) is -1.06. The molecule has 1 atom stereocenters. The van der Waals surface area contributed by atoms with E-state index in [1.165, 1.54) is 18.2 Å².